The van der Waals surface area contributed by atoms with Crippen LogP contribution in [0, 0.1) is 6.92 Å². The van der Waals surface area contributed by atoms with Gasteiger partial charge >= 0.3 is 20.2 Å². The van der Waals surface area contributed by atoms with Crippen molar-refractivity contribution < 1.29 is 39.4 Å². The second-order valence-corrected chi connectivity index (χ2v) is 12.6. The standard InChI is InChI=1S/C29H32O9S2/c1-19-11-13-20(14-12-19)23-18-26(34-2)27(29(28(23)35-3)38-40(5,32)33)21-15-16-24(25(17-21)37-39(4,30)31)36-22-9-7-6-8-10-22/h7,9,11-18,22H,6,8,10H2,1-5H3. The van der Waals surface area contributed by atoms with Gasteiger partial charge in [0.15, 0.2) is 23.0 Å². The Balaban J connectivity index is 1.96. The molecule has 0 radical (unpaired) electrons. The quantitative estimate of drug-likeness (QED) is 0.223. The van der Waals surface area contributed by atoms with Gasteiger partial charge in [0.05, 0.1) is 32.3 Å². The first-order valence-corrected chi connectivity index (χ1v) is 16.1. The van der Waals surface area contributed by atoms with E-state index in [4.69, 9.17) is 22.6 Å². The highest BCUT2D eigenvalue weighted by molar-refractivity contribution is 7.86. The van der Waals surface area contributed by atoms with Crippen molar-refractivity contribution in [3.8, 4) is 51.0 Å². The summed E-state index contributed by atoms with van der Waals surface area (Å²) in [6.07, 6.45) is 8.23. The van der Waals surface area contributed by atoms with Crippen molar-refractivity contribution >= 4 is 20.2 Å². The molecule has 0 bridgehead atoms. The van der Waals surface area contributed by atoms with Crippen LogP contribution < -0.4 is 22.6 Å². The summed E-state index contributed by atoms with van der Waals surface area (Å²) >= 11 is 0. The predicted octanol–water partition coefficient (Wildman–Crippen LogP) is 5.51. The van der Waals surface area contributed by atoms with Crippen LogP contribution in [-0.4, -0.2) is 49.7 Å². The first-order chi connectivity index (χ1) is 18.9. The van der Waals surface area contributed by atoms with Crippen molar-refractivity contribution in [1.82, 2.24) is 0 Å². The molecule has 0 fully saturated rings. The molecule has 4 rings (SSSR count). The Hall–Kier alpha value is -3.70. The lowest BCUT2D eigenvalue weighted by molar-refractivity contribution is 0.224. The molecule has 0 amide bonds. The molecule has 3 aromatic carbocycles. The van der Waals surface area contributed by atoms with Crippen molar-refractivity contribution in [2.24, 2.45) is 0 Å². The first-order valence-electron chi connectivity index (χ1n) is 12.5. The Morgan fingerprint density at radius 2 is 1.43 bits per heavy atom. The molecule has 0 aromatic heterocycles. The van der Waals surface area contributed by atoms with Gasteiger partial charge in [-0.25, -0.2) is 0 Å². The number of allylic oxidation sites excluding steroid dienone is 1. The predicted molar refractivity (Wildman–Crippen MR) is 154 cm³/mol. The number of ether oxygens (including phenoxy) is 3. The number of benzene rings is 3. The lowest BCUT2D eigenvalue weighted by atomic mass is 9.96. The molecule has 9 nitrogen and oxygen atoms in total. The van der Waals surface area contributed by atoms with E-state index in [1.807, 2.05) is 43.3 Å². The van der Waals surface area contributed by atoms with Gasteiger partial charge < -0.3 is 22.6 Å². The fraction of sp³-hybridized carbons (Fsp3) is 0.310. The fourth-order valence-electron chi connectivity index (χ4n) is 4.46. The molecular formula is C29H32O9S2. The molecule has 214 valence electrons. The summed E-state index contributed by atoms with van der Waals surface area (Å²) in [4.78, 5) is 0. The molecule has 0 saturated heterocycles. The van der Waals surface area contributed by atoms with E-state index in [0.717, 1.165) is 42.9 Å². The Bertz CT molecular complexity index is 1620. The topological polar surface area (TPSA) is 114 Å². The van der Waals surface area contributed by atoms with Crippen molar-refractivity contribution in [3.05, 3.63) is 66.2 Å². The van der Waals surface area contributed by atoms with Gasteiger partial charge in [0.2, 0.25) is 0 Å². The lowest BCUT2D eigenvalue weighted by Gasteiger charge is -2.22. The summed E-state index contributed by atoms with van der Waals surface area (Å²) in [6, 6.07) is 14.0. The zero-order chi connectivity index (χ0) is 29.1. The Kier molecular flexibility index (Phi) is 8.65. The third-order valence-electron chi connectivity index (χ3n) is 6.18. The smallest absolute Gasteiger partial charge is 0.306 e. The van der Waals surface area contributed by atoms with E-state index in [9.17, 15) is 16.8 Å². The average Bonchev–Trinajstić information content (AvgIpc) is 2.88. The van der Waals surface area contributed by atoms with E-state index < -0.39 is 20.2 Å². The average molecular weight is 589 g/mol. The summed E-state index contributed by atoms with van der Waals surface area (Å²) < 4.78 is 77.4. The third kappa shape index (κ3) is 7.08. The third-order valence-corrected chi connectivity index (χ3v) is 7.13. The maximum absolute atomic E-state index is 12.4. The van der Waals surface area contributed by atoms with E-state index in [-0.39, 0.29) is 40.4 Å². The van der Waals surface area contributed by atoms with Crippen molar-refractivity contribution in [2.75, 3.05) is 26.7 Å². The van der Waals surface area contributed by atoms with Crippen LogP contribution in [0.1, 0.15) is 24.8 Å². The Labute approximate surface area is 235 Å². The van der Waals surface area contributed by atoms with E-state index in [2.05, 4.69) is 0 Å². The van der Waals surface area contributed by atoms with Gasteiger partial charge in [-0.15, -0.1) is 0 Å². The maximum atomic E-state index is 12.4. The number of hydrogen-bond donors (Lipinski definition) is 0. The van der Waals surface area contributed by atoms with E-state index in [0.29, 0.717) is 11.1 Å². The van der Waals surface area contributed by atoms with Crippen LogP contribution in [0.4, 0.5) is 0 Å². The highest BCUT2D eigenvalue weighted by Crippen LogP contribution is 2.51. The molecule has 1 aliphatic rings. The number of aryl methyl sites for hydroxylation is 1. The second-order valence-electron chi connectivity index (χ2n) is 9.48. The highest BCUT2D eigenvalue weighted by Gasteiger charge is 2.27. The number of hydrogen-bond acceptors (Lipinski definition) is 9. The minimum absolute atomic E-state index is 0.0621. The van der Waals surface area contributed by atoms with Crippen LogP contribution in [0.2, 0.25) is 0 Å². The summed E-state index contributed by atoms with van der Waals surface area (Å²) in [5, 5.41) is 0. The van der Waals surface area contributed by atoms with Crippen LogP contribution in [0.5, 0.6) is 28.7 Å². The van der Waals surface area contributed by atoms with Gasteiger partial charge in [-0.1, -0.05) is 42.0 Å². The normalized spacial score (nSPS) is 15.4. The molecule has 40 heavy (non-hydrogen) atoms. The Morgan fingerprint density at radius 3 is 2.00 bits per heavy atom. The number of rotatable bonds is 10. The summed E-state index contributed by atoms with van der Waals surface area (Å²) in [7, 11) is -5.12. The van der Waals surface area contributed by atoms with Crippen LogP contribution in [0.3, 0.4) is 0 Å². The second kappa shape index (κ2) is 11.8. The molecule has 0 aliphatic heterocycles. The van der Waals surface area contributed by atoms with Gasteiger partial charge in [0.1, 0.15) is 11.9 Å². The molecule has 0 N–H and O–H groups in total. The van der Waals surface area contributed by atoms with Crippen molar-refractivity contribution in [2.45, 2.75) is 32.3 Å². The van der Waals surface area contributed by atoms with Gasteiger partial charge in [0.25, 0.3) is 0 Å². The summed E-state index contributed by atoms with van der Waals surface area (Å²) in [6.45, 7) is 1.96. The molecular weight excluding hydrogens is 556 g/mol. The van der Waals surface area contributed by atoms with Crippen LogP contribution in [-0.2, 0) is 20.2 Å². The van der Waals surface area contributed by atoms with Crippen LogP contribution in [0.25, 0.3) is 22.3 Å². The molecule has 1 unspecified atom stereocenters. The zero-order valence-electron chi connectivity index (χ0n) is 23.0. The van der Waals surface area contributed by atoms with Crippen molar-refractivity contribution in [3.63, 3.8) is 0 Å². The molecule has 1 aliphatic carbocycles. The van der Waals surface area contributed by atoms with Gasteiger partial charge in [0, 0.05) is 5.56 Å². The highest BCUT2D eigenvalue weighted by atomic mass is 32.2. The summed E-state index contributed by atoms with van der Waals surface area (Å²) in [5.41, 5.74) is 2.91. The fourth-order valence-corrected chi connectivity index (χ4v) is 5.38. The zero-order valence-corrected chi connectivity index (χ0v) is 24.6. The van der Waals surface area contributed by atoms with Crippen molar-refractivity contribution in [1.29, 1.82) is 0 Å². The van der Waals surface area contributed by atoms with Gasteiger partial charge in [-0.05, 0) is 61.6 Å². The molecule has 3 aromatic rings. The van der Waals surface area contributed by atoms with Crippen LogP contribution >= 0.6 is 0 Å². The van der Waals surface area contributed by atoms with E-state index in [1.54, 1.807) is 18.2 Å². The molecule has 0 spiro atoms. The maximum Gasteiger partial charge on any atom is 0.306 e. The molecule has 1 atom stereocenters. The lowest BCUT2D eigenvalue weighted by Crippen LogP contribution is -2.17. The largest absolute Gasteiger partial charge is 0.496 e. The molecule has 11 heteroatoms. The molecule has 0 heterocycles. The first kappa shape index (κ1) is 29.3. The van der Waals surface area contributed by atoms with Gasteiger partial charge in [-0.3, -0.25) is 0 Å². The Morgan fingerprint density at radius 1 is 0.750 bits per heavy atom. The number of methoxy groups -OCH3 is 2. The minimum Gasteiger partial charge on any atom is -0.496 e. The SMILES string of the molecule is COc1cc(-c2ccc(C)cc2)c(OC)c(OS(C)(=O)=O)c1-c1ccc(OC2C=CCCC2)c(OS(C)(=O)=O)c1. The summed E-state index contributed by atoms with van der Waals surface area (Å²) in [5.74, 6) is 0.466. The van der Waals surface area contributed by atoms with E-state index in [1.165, 1.54) is 20.3 Å². The monoisotopic (exact) mass is 588 g/mol. The molecule has 0 saturated carbocycles. The van der Waals surface area contributed by atoms with Gasteiger partial charge in [-0.2, -0.15) is 16.8 Å². The van der Waals surface area contributed by atoms with Crippen LogP contribution in [0.15, 0.2) is 60.7 Å². The minimum atomic E-state index is -4.03. The van der Waals surface area contributed by atoms with E-state index >= 15 is 0 Å².